The molecule has 1 aliphatic rings. The maximum Gasteiger partial charge on any atom is 0.270 e. The number of hydrazine groups is 1. The van der Waals surface area contributed by atoms with Crippen LogP contribution in [0.4, 0.5) is 27.6 Å². The summed E-state index contributed by atoms with van der Waals surface area (Å²) in [5.74, 6) is -4.05. The molecule has 0 fully saturated rings. The number of carbonyl (C=O) groups is 1. The second-order valence-corrected chi connectivity index (χ2v) is 5.98. The fourth-order valence-corrected chi connectivity index (χ4v) is 2.70. The first-order valence-corrected chi connectivity index (χ1v) is 7.77. The van der Waals surface area contributed by atoms with Gasteiger partial charge in [-0.1, -0.05) is 6.07 Å². The van der Waals surface area contributed by atoms with Gasteiger partial charge in [-0.2, -0.15) is 0 Å². The van der Waals surface area contributed by atoms with Gasteiger partial charge in [-0.25, -0.2) is 27.4 Å². The van der Waals surface area contributed by atoms with Crippen LogP contribution in [0.3, 0.4) is 0 Å². The van der Waals surface area contributed by atoms with Crippen LogP contribution in [0.5, 0.6) is 0 Å². The van der Waals surface area contributed by atoms with Gasteiger partial charge < -0.3 is 10.3 Å². The van der Waals surface area contributed by atoms with Gasteiger partial charge in [0.05, 0.1) is 0 Å². The van der Waals surface area contributed by atoms with Crippen LogP contribution in [-0.2, 0) is 4.79 Å². The Morgan fingerprint density at radius 3 is 2.44 bits per heavy atom. The number of nitrogens with zero attached hydrogens (tertiary/aromatic N) is 1. The Balaban J connectivity index is 1.99. The van der Waals surface area contributed by atoms with E-state index in [9.17, 15) is 26.7 Å². The Bertz CT molecular complexity index is 918. The number of benzene rings is 2. The van der Waals surface area contributed by atoms with Crippen molar-refractivity contribution in [2.75, 3.05) is 12.4 Å². The molecule has 0 spiro atoms. The molecule has 1 unspecified atom stereocenters. The van der Waals surface area contributed by atoms with Gasteiger partial charge in [0.1, 0.15) is 5.82 Å². The zero-order valence-electron chi connectivity index (χ0n) is 13.9. The van der Waals surface area contributed by atoms with E-state index in [4.69, 9.17) is 0 Å². The highest BCUT2D eigenvalue weighted by Crippen LogP contribution is 2.32. The predicted octanol–water partition coefficient (Wildman–Crippen LogP) is 3.68. The second-order valence-electron chi connectivity index (χ2n) is 5.98. The molecule has 142 valence electrons. The van der Waals surface area contributed by atoms with Crippen molar-refractivity contribution in [1.82, 2.24) is 10.4 Å². The maximum absolute atomic E-state index is 13.7. The van der Waals surface area contributed by atoms with Crippen LogP contribution in [0.15, 0.2) is 48.7 Å². The summed E-state index contributed by atoms with van der Waals surface area (Å²) in [6.07, 6.45) is -0.800. The maximum atomic E-state index is 13.7. The highest BCUT2D eigenvalue weighted by Gasteiger charge is 2.48. The normalized spacial score (nSPS) is 19.0. The van der Waals surface area contributed by atoms with E-state index in [-0.39, 0.29) is 16.8 Å². The van der Waals surface area contributed by atoms with Gasteiger partial charge in [0.15, 0.2) is 17.2 Å². The summed E-state index contributed by atoms with van der Waals surface area (Å²) >= 11 is 0. The van der Waals surface area contributed by atoms with E-state index in [1.165, 1.54) is 24.3 Å². The summed E-state index contributed by atoms with van der Waals surface area (Å²) in [6, 6.07) is 6.01. The van der Waals surface area contributed by atoms with Crippen LogP contribution in [0.2, 0.25) is 0 Å². The molecule has 2 N–H and O–H groups in total. The molecular formula is C18H14F5N3O. The molecular weight excluding hydrogens is 369 g/mol. The first-order valence-electron chi connectivity index (χ1n) is 7.77. The van der Waals surface area contributed by atoms with Gasteiger partial charge >= 0.3 is 0 Å². The molecule has 0 bridgehead atoms. The van der Waals surface area contributed by atoms with E-state index in [2.05, 4.69) is 10.7 Å². The SMILES string of the molecule is CN1C=CC(C(=O)Nc2ccc(F)cc2-c2ccc(F)c(F)c2)(C(F)F)N1. The summed E-state index contributed by atoms with van der Waals surface area (Å²) in [5, 5.41) is 3.51. The zero-order valence-corrected chi connectivity index (χ0v) is 13.9. The summed E-state index contributed by atoms with van der Waals surface area (Å²) < 4.78 is 67.5. The first kappa shape index (κ1) is 18.8. The number of halogens is 5. The van der Waals surface area contributed by atoms with E-state index < -0.39 is 35.3 Å². The topological polar surface area (TPSA) is 44.4 Å². The van der Waals surface area contributed by atoms with Crippen molar-refractivity contribution in [2.45, 2.75) is 12.0 Å². The molecule has 9 heteroatoms. The zero-order chi connectivity index (χ0) is 19.8. The molecule has 0 saturated carbocycles. The summed E-state index contributed by atoms with van der Waals surface area (Å²) in [7, 11) is 1.44. The number of amides is 1. The molecule has 1 atom stereocenters. The van der Waals surface area contributed by atoms with Crippen molar-refractivity contribution in [3.05, 3.63) is 66.1 Å². The predicted molar refractivity (Wildman–Crippen MR) is 89.2 cm³/mol. The Labute approximate surface area is 151 Å². The number of hydrogen-bond acceptors (Lipinski definition) is 3. The van der Waals surface area contributed by atoms with Gasteiger partial charge in [-0.3, -0.25) is 4.79 Å². The van der Waals surface area contributed by atoms with E-state index >= 15 is 0 Å². The molecule has 1 aliphatic heterocycles. The molecule has 1 heterocycles. The highest BCUT2D eigenvalue weighted by molar-refractivity contribution is 6.03. The van der Waals surface area contributed by atoms with Crippen molar-refractivity contribution in [3.63, 3.8) is 0 Å². The number of anilines is 1. The summed E-state index contributed by atoms with van der Waals surface area (Å²) in [6.45, 7) is 0. The lowest BCUT2D eigenvalue weighted by atomic mass is 9.99. The Morgan fingerprint density at radius 2 is 1.85 bits per heavy atom. The van der Waals surface area contributed by atoms with E-state index in [1.54, 1.807) is 0 Å². The van der Waals surface area contributed by atoms with Crippen LogP contribution in [0, 0.1) is 17.5 Å². The molecule has 0 radical (unpaired) electrons. The Kier molecular flexibility index (Phi) is 4.88. The standard InChI is InChI=1S/C18H14F5N3O/c1-26-7-6-18(25-26,16(22)23)17(27)24-15-5-3-11(19)9-12(15)10-2-4-13(20)14(21)8-10/h2-9,16,25H,1H3,(H,24,27). The minimum atomic E-state index is -3.08. The average Bonchev–Trinajstić information content (AvgIpc) is 3.02. The number of carbonyl (C=O) groups excluding carboxylic acids is 1. The lowest BCUT2D eigenvalue weighted by Gasteiger charge is -2.28. The molecule has 2 aromatic carbocycles. The summed E-state index contributed by atoms with van der Waals surface area (Å²) in [4.78, 5) is 12.6. The molecule has 2 aromatic rings. The van der Waals surface area contributed by atoms with Crippen LogP contribution < -0.4 is 10.7 Å². The van der Waals surface area contributed by atoms with Crippen LogP contribution in [0.25, 0.3) is 11.1 Å². The van der Waals surface area contributed by atoms with E-state index in [0.717, 1.165) is 36.4 Å². The van der Waals surface area contributed by atoms with Gasteiger partial charge in [0.25, 0.3) is 12.3 Å². The number of hydrogen-bond donors (Lipinski definition) is 2. The fraction of sp³-hybridized carbons (Fsp3) is 0.167. The van der Waals surface area contributed by atoms with Crippen LogP contribution in [0.1, 0.15) is 0 Å². The monoisotopic (exact) mass is 383 g/mol. The van der Waals surface area contributed by atoms with Crippen molar-refractivity contribution in [3.8, 4) is 11.1 Å². The minimum Gasteiger partial charge on any atom is -0.323 e. The smallest absolute Gasteiger partial charge is 0.270 e. The molecule has 0 aliphatic carbocycles. The van der Waals surface area contributed by atoms with Crippen LogP contribution in [-0.4, -0.2) is 29.9 Å². The number of alkyl halides is 2. The third-order valence-corrected chi connectivity index (χ3v) is 4.10. The Morgan fingerprint density at radius 1 is 1.11 bits per heavy atom. The molecule has 0 aromatic heterocycles. The lowest BCUT2D eigenvalue weighted by molar-refractivity contribution is -0.127. The first-order chi connectivity index (χ1) is 12.7. The van der Waals surface area contributed by atoms with Crippen molar-refractivity contribution >= 4 is 11.6 Å². The van der Waals surface area contributed by atoms with Gasteiger partial charge in [-0.15, -0.1) is 0 Å². The minimum absolute atomic E-state index is 0.0157. The van der Waals surface area contributed by atoms with Gasteiger partial charge in [0, 0.05) is 24.5 Å². The second kappa shape index (κ2) is 6.99. The van der Waals surface area contributed by atoms with Gasteiger partial charge in [-0.05, 0) is 42.0 Å². The third kappa shape index (κ3) is 3.50. The van der Waals surface area contributed by atoms with Crippen molar-refractivity contribution in [1.29, 1.82) is 0 Å². The molecule has 0 saturated heterocycles. The fourth-order valence-electron chi connectivity index (χ4n) is 2.70. The molecule has 3 rings (SSSR count). The number of rotatable bonds is 4. The van der Waals surface area contributed by atoms with Crippen molar-refractivity contribution in [2.24, 2.45) is 0 Å². The molecule has 27 heavy (non-hydrogen) atoms. The lowest BCUT2D eigenvalue weighted by Crippen LogP contribution is -2.58. The van der Waals surface area contributed by atoms with Crippen LogP contribution >= 0.6 is 0 Å². The van der Waals surface area contributed by atoms with E-state index in [0.29, 0.717) is 0 Å². The Hall–Kier alpha value is -2.94. The quantitative estimate of drug-likeness (QED) is 0.792. The van der Waals surface area contributed by atoms with E-state index in [1.807, 2.05) is 0 Å². The van der Waals surface area contributed by atoms with Crippen molar-refractivity contribution < 1.29 is 26.7 Å². The number of nitrogens with one attached hydrogen (secondary N) is 2. The molecule has 4 nitrogen and oxygen atoms in total. The average molecular weight is 383 g/mol. The van der Waals surface area contributed by atoms with Gasteiger partial charge in [0.2, 0.25) is 0 Å². The highest BCUT2D eigenvalue weighted by atomic mass is 19.3. The largest absolute Gasteiger partial charge is 0.323 e. The third-order valence-electron chi connectivity index (χ3n) is 4.10. The molecule has 1 amide bonds. The summed E-state index contributed by atoms with van der Waals surface area (Å²) in [5.41, 5.74) is 0.0960.